The summed E-state index contributed by atoms with van der Waals surface area (Å²) in [6.07, 6.45) is 7.76. The number of rotatable bonds is 0. The van der Waals surface area contributed by atoms with Gasteiger partial charge in [0.1, 0.15) is 11.9 Å². The molecule has 0 radical (unpaired) electrons. The van der Waals surface area contributed by atoms with Crippen LogP contribution in [-0.4, -0.2) is 35.3 Å². The summed E-state index contributed by atoms with van der Waals surface area (Å²) in [7, 11) is 0. The molecule has 5 rings (SSSR count). The van der Waals surface area contributed by atoms with E-state index in [4.69, 9.17) is 9.47 Å². The van der Waals surface area contributed by atoms with Gasteiger partial charge in [-0.2, -0.15) is 0 Å². The predicted octanol–water partition coefficient (Wildman–Crippen LogP) is 3.94. The van der Waals surface area contributed by atoms with Gasteiger partial charge in [0.15, 0.2) is 5.79 Å². The fourth-order valence-corrected chi connectivity index (χ4v) is 7.72. The molecule has 0 aromatic heterocycles. The zero-order valence-electron chi connectivity index (χ0n) is 15.6. The van der Waals surface area contributed by atoms with Gasteiger partial charge >= 0.3 is 0 Å². The molecule has 1 aliphatic heterocycles. The Hall–Kier alpha value is -0.580. The number of hydrogen-bond acceptors (Lipinski definition) is 4. The highest BCUT2D eigenvalue weighted by Gasteiger charge is 2.67. The topological polar surface area (TPSA) is 58.9 Å². The Labute approximate surface area is 150 Å². The van der Waals surface area contributed by atoms with Crippen molar-refractivity contribution in [2.75, 3.05) is 13.2 Å². The minimum Gasteiger partial charge on any atom is -0.510 e. The smallest absolute Gasteiger partial charge is 0.174 e. The van der Waals surface area contributed by atoms with Gasteiger partial charge in [0.05, 0.1) is 13.2 Å². The molecule has 0 aromatic carbocycles. The summed E-state index contributed by atoms with van der Waals surface area (Å²) >= 11 is 0. The van der Waals surface area contributed by atoms with Crippen molar-refractivity contribution in [1.29, 1.82) is 0 Å². The molecule has 4 fully saturated rings. The molecule has 0 amide bonds. The molecule has 2 N–H and O–H groups in total. The van der Waals surface area contributed by atoms with Crippen molar-refractivity contribution in [3.8, 4) is 0 Å². The summed E-state index contributed by atoms with van der Waals surface area (Å²) in [5, 5.41) is 20.6. The molecule has 0 bridgehead atoms. The van der Waals surface area contributed by atoms with Crippen LogP contribution in [-0.2, 0) is 9.47 Å². The first kappa shape index (κ1) is 16.6. The van der Waals surface area contributed by atoms with Crippen molar-refractivity contribution < 1.29 is 19.7 Å². The van der Waals surface area contributed by atoms with E-state index in [1.54, 1.807) is 0 Å². The Bertz CT molecular complexity index is 607. The normalized spacial score (nSPS) is 51.3. The van der Waals surface area contributed by atoms with Gasteiger partial charge in [-0.15, -0.1) is 0 Å². The van der Waals surface area contributed by atoms with E-state index >= 15 is 0 Å². The van der Waals surface area contributed by atoms with Gasteiger partial charge in [-0.25, -0.2) is 0 Å². The predicted molar refractivity (Wildman–Crippen MR) is 93.9 cm³/mol. The van der Waals surface area contributed by atoms with Gasteiger partial charge in [-0.1, -0.05) is 13.8 Å². The summed E-state index contributed by atoms with van der Waals surface area (Å²) in [6.45, 7) is 6.26. The first-order valence-corrected chi connectivity index (χ1v) is 10.3. The maximum atomic E-state index is 10.5. The van der Waals surface area contributed by atoms with Crippen molar-refractivity contribution in [3.05, 3.63) is 11.3 Å². The molecule has 6 atom stereocenters. The van der Waals surface area contributed by atoms with Crippen LogP contribution in [0.5, 0.6) is 0 Å². The summed E-state index contributed by atoms with van der Waals surface area (Å²) in [5.74, 6) is 1.95. The summed E-state index contributed by atoms with van der Waals surface area (Å²) in [4.78, 5) is 0. The van der Waals surface area contributed by atoms with Gasteiger partial charge < -0.3 is 19.7 Å². The molecule has 0 unspecified atom stereocenters. The van der Waals surface area contributed by atoms with Gasteiger partial charge in [0.25, 0.3) is 0 Å². The van der Waals surface area contributed by atoms with E-state index in [0.717, 1.165) is 50.9 Å². The zero-order chi connectivity index (χ0) is 17.4. The second-order valence-corrected chi connectivity index (χ2v) is 9.70. The highest BCUT2D eigenvalue weighted by atomic mass is 16.7. The van der Waals surface area contributed by atoms with Gasteiger partial charge in [0, 0.05) is 11.8 Å². The van der Waals surface area contributed by atoms with E-state index in [1.165, 1.54) is 12.8 Å². The van der Waals surface area contributed by atoms with Gasteiger partial charge in [-0.05, 0) is 73.7 Å². The molecule has 1 heterocycles. The SMILES string of the molecule is C[C@]12CC[C@H](O)C(O)=C1CC[C@@H]1[C@@H]2CC[C@@]2(C)[C@H]1CCC21OCCO1. The van der Waals surface area contributed by atoms with Crippen LogP contribution in [0, 0.1) is 28.6 Å². The molecular weight excluding hydrogens is 316 g/mol. The lowest BCUT2D eigenvalue weighted by atomic mass is 9.47. The van der Waals surface area contributed by atoms with Crippen LogP contribution in [0.2, 0.25) is 0 Å². The molecule has 0 aromatic rings. The number of fused-ring (bicyclic) bond motifs is 6. The monoisotopic (exact) mass is 348 g/mol. The van der Waals surface area contributed by atoms with Crippen molar-refractivity contribution in [2.24, 2.45) is 28.6 Å². The molecule has 1 spiro atoms. The summed E-state index contributed by atoms with van der Waals surface area (Å²) in [5.41, 5.74) is 1.37. The number of allylic oxidation sites excluding steroid dienone is 1. The maximum Gasteiger partial charge on any atom is 0.174 e. The molecule has 4 heteroatoms. The molecular formula is C21H32O4. The van der Waals surface area contributed by atoms with Crippen LogP contribution in [0.25, 0.3) is 0 Å². The Kier molecular flexibility index (Phi) is 3.47. The molecule has 4 aliphatic carbocycles. The molecule has 140 valence electrons. The van der Waals surface area contributed by atoms with Gasteiger partial charge in [-0.3, -0.25) is 0 Å². The third-order valence-corrected chi connectivity index (χ3v) is 9.03. The number of hydrogen-bond donors (Lipinski definition) is 2. The Balaban J connectivity index is 1.50. The highest BCUT2D eigenvalue weighted by molar-refractivity contribution is 5.28. The molecule has 25 heavy (non-hydrogen) atoms. The average molecular weight is 348 g/mol. The van der Waals surface area contributed by atoms with Crippen LogP contribution in [0.3, 0.4) is 0 Å². The largest absolute Gasteiger partial charge is 0.510 e. The first-order valence-electron chi connectivity index (χ1n) is 10.3. The van der Waals surface area contributed by atoms with Crippen molar-refractivity contribution in [1.82, 2.24) is 0 Å². The van der Waals surface area contributed by atoms with Crippen LogP contribution in [0.15, 0.2) is 11.3 Å². The minimum absolute atomic E-state index is 0.0701. The standard InChI is InChI=1S/C21H32O4/c1-19-8-7-17(22)18(23)16(19)4-3-13-14(19)5-9-20(2)15(13)6-10-21(20)24-11-12-25-21/h13-15,17,22-23H,3-12H2,1-2H3/t13-,14+,15+,17+,19-,20+/m1/s1. The quantitative estimate of drug-likeness (QED) is 0.696. The maximum absolute atomic E-state index is 10.5. The average Bonchev–Trinajstić information content (AvgIpc) is 3.18. The number of aliphatic hydroxyl groups excluding tert-OH is 2. The Morgan fingerprint density at radius 1 is 0.920 bits per heavy atom. The van der Waals surface area contributed by atoms with Crippen molar-refractivity contribution in [2.45, 2.75) is 77.1 Å². The van der Waals surface area contributed by atoms with Crippen molar-refractivity contribution >= 4 is 0 Å². The highest BCUT2D eigenvalue weighted by Crippen LogP contribution is 2.69. The fraction of sp³-hybridized carbons (Fsp3) is 0.905. The molecule has 5 aliphatic rings. The van der Waals surface area contributed by atoms with Crippen LogP contribution in [0.4, 0.5) is 0 Å². The molecule has 4 nitrogen and oxygen atoms in total. The van der Waals surface area contributed by atoms with E-state index in [2.05, 4.69) is 13.8 Å². The Morgan fingerprint density at radius 2 is 1.64 bits per heavy atom. The second-order valence-electron chi connectivity index (χ2n) is 9.70. The number of ether oxygens (including phenoxy) is 2. The molecule has 1 saturated heterocycles. The van der Waals surface area contributed by atoms with E-state index in [1.807, 2.05) is 0 Å². The first-order chi connectivity index (χ1) is 11.9. The lowest BCUT2D eigenvalue weighted by Gasteiger charge is -2.59. The van der Waals surface area contributed by atoms with E-state index in [9.17, 15) is 10.2 Å². The van der Waals surface area contributed by atoms with E-state index < -0.39 is 6.10 Å². The van der Waals surface area contributed by atoms with E-state index in [0.29, 0.717) is 29.9 Å². The summed E-state index contributed by atoms with van der Waals surface area (Å²) in [6, 6.07) is 0. The molecule has 3 saturated carbocycles. The number of aliphatic hydroxyl groups is 2. The van der Waals surface area contributed by atoms with Crippen LogP contribution < -0.4 is 0 Å². The van der Waals surface area contributed by atoms with Crippen LogP contribution >= 0.6 is 0 Å². The summed E-state index contributed by atoms with van der Waals surface area (Å²) < 4.78 is 12.4. The zero-order valence-corrected chi connectivity index (χ0v) is 15.6. The van der Waals surface area contributed by atoms with Crippen LogP contribution in [0.1, 0.15) is 65.2 Å². The Morgan fingerprint density at radius 3 is 2.40 bits per heavy atom. The lowest BCUT2D eigenvalue weighted by molar-refractivity contribution is -0.243. The second kappa shape index (κ2) is 5.24. The minimum atomic E-state index is -0.636. The lowest BCUT2D eigenvalue weighted by Crippen LogP contribution is -2.55. The third kappa shape index (κ3) is 1.94. The fourth-order valence-electron chi connectivity index (χ4n) is 7.72. The van der Waals surface area contributed by atoms with Crippen molar-refractivity contribution in [3.63, 3.8) is 0 Å². The van der Waals surface area contributed by atoms with Gasteiger partial charge in [0.2, 0.25) is 0 Å². The third-order valence-electron chi connectivity index (χ3n) is 9.03. The van der Waals surface area contributed by atoms with E-state index in [-0.39, 0.29) is 16.6 Å².